The third-order valence-corrected chi connectivity index (χ3v) is 3.37. The molecule has 0 bridgehead atoms. The number of rotatable bonds is 5. The Morgan fingerprint density at radius 2 is 1.91 bits per heavy atom. The third-order valence-electron chi connectivity index (χ3n) is 3.37. The first kappa shape index (κ1) is 15.7. The minimum absolute atomic E-state index is 0.0658. The third kappa shape index (κ3) is 3.49. The predicted molar refractivity (Wildman–Crippen MR) is 83.4 cm³/mol. The number of benzene rings is 2. The van der Waals surface area contributed by atoms with E-state index in [9.17, 15) is 14.9 Å². The number of ether oxygens (including phenoxy) is 1. The van der Waals surface area contributed by atoms with Gasteiger partial charge in [0, 0.05) is 11.6 Å². The number of nitrogens with zero attached hydrogens (tertiary/aromatic N) is 1. The summed E-state index contributed by atoms with van der Waals surface area (Å²) in [5.41, 5.74) is 2.42. The van der Waals surface area contributed by atoms with E-state index in [0.717, 1.165) is 11.1 Å². The molecule has 0 amide bonds. The second-order valence-electron chi connectivity index (χ2n) is 5.20. The molecule has 0 aromatic heterocycles. The Balaban J connectivity index is 2.19. The largest absolute Gasteiger partial charge is 0.482 e. The first-order valence-electron chi connectivity index (χ1n) is 6.91. The lowest BCUT2D eigenvalue weighted by Crippen LogP contribution is -2.24. The fourth-order valence-electron chi connectivity index (χ4n) is 2.15. The van der Waals surface area contributed by atoms with E-state index in [1.54, 1.807) is 13.0 Å². The molecule has 114 valence electrons. The van der Waals surface area contributed by atoms with Crippen LogP contribution in [0, 0.1) is 24.0 Å². The lowest BCUT2D eigenvalue weighted by Gasteiger charge is -2.15. The van der Waals surface area contributed by atoms with Crippen molar-refractivity contribution in [2.75, 3.05) is 0 Å². The molecular formula is C17H17NO4. The molecule has 1 atom stereocenters. The Labute approximate surface area is 128 Å². The highest BCUT2D eigenvalue weighted by molar-refractivity contribution is 6.00. The quantitative estimate of drug-likeness (QED) is 0.477. The number of nitro benzene ring substituents is 1. The Bertz CT molecular complexity index is 724. The average molecular weight is 299 g/mol. The highest BCUT2D eigenvalue weighted by atomic mass is 16.6. The molecule has 0 aliphatic rings. The molecule has 0 unspecified atom stereocenters. The van der Waals surface area contributed by atoms with Gasteiger partial charge in [-0.05, 0) is 38.5 Å². The molecule has 0 fully saturated rings. The van der Waals surface area contributed by atoms with Crippen LogP contribution < -0.4 is 4.74 Å². The molecule has 5 nitrogen and oxygen atoms in total. The number of aryl methyl sites for hydroxylation is 2. The molecular weight excluding hydrogens is 282 g/mol. The topological polar surface area (TPSA) is 69.4 Å². The summed E-state index contributed by atoms with van der Waals surface area (Å²) in [7, 11) is 0. The van der Waals surface area contributed by atoms with Gasteiger partial charge in [0.1, 0.15) is 5.75 Å². The van der Waals surface area contributed by atoms with Gasteiger partial charge < -0.3 is 4.74 Å². The maximum absolute atomic E-state index is 12.5. The number of nitro groups is 1. The molecule has 0 heterocycles. The van der Waals surface area contributed by atoms with Crippen molar-refractivity contribution < 1.29 is 14.5 Å². The van der Waals surface area contributed by atoms with Crippen molar-refractivity contribution in [2.45, 2.75) is 26.9 Å². The number of hydrogen-bond acceptors (Lipinski definition) is 4. The van der Waals surface area contributed by atoms with Gasteiger partial charge in [0.2, 0.25) is 5.78 Å². The van der Waals surface area contributed by atoms with Gasteiger partial charge in [-0.25, -0.2) is 0 Å². The van der Waals surface area contributed by atoms with Crippen molar-refractivity contribution in [3.8, 4) is 5.75 Å². The normalized spacial score (nSPS) is 11.8. The van der Waals surface area contributed by atoms with Crippen LogP contribution in [0.2, 0.25) is 0 Å². The molecule has 0 spiro atoms. The fraction of sp³-hybridized carbons (Fsp3) is 0.235. The monoisotopic (exact) mass is 299 g/mol. The molecule has 0 aliphatic carbocycles. The van der Waals surface area contributed by atoms with Crippen molar-refractivity contribution in [2.24, 2.45) is 0 Å². The van der Waals surface area contributed by atoms with Gasteiger partial charge in [-0.2, -0.15) is 0 Å². The van der Waals surface area contributed by atoms with Gasteiger partial charge in [0.15, 0.2) is 6.10 Å². The molecule has 2 rings (SSSR count). The Morgan fingerprint density at radius 3 is 2.59 bits per heavy atom. The fourth-order valence-corrected chi connectivity index (χ4v) is 2.15. The van der Waals surface area contributed by atoms with E-state index in [-0.39, 0.29) is 11.5 Å². The lowest BCUT2D eigenvalue weighted by molar-refractivity contribution is -0.384. The standard InChI is InChI=1S/C17H17NO4/c1-11-7-8-12(2)16(9-11)17(19)13(3)22-15-6-4-5-14(10-15)18(20)21/h4-10,13H,1-3H3/t13-/m0/s1. The molecule has 0 saturated carbocycles. The van der Waals surface area contributed by atoms with Crippen LogP contribution in [0.1, 0.15) is 28.4 Å². The molecule has 5 heteroatoms. The van der Waals surface area contributed by atoms with E-state index in [1.807, 2.05) is 32.0 Å². The van der Waals surface area contributed by atoms with E-state index in [2.05, 4.69) is 0 Å². The molecule has 0 radical (unpaired) electrons. The highest BCUT2D eigenvalue weighted by Gasteiger charge is 2.19. The summed E-state index contributed by atoms with van der Waals surface area (Å²) in [6.45, 7) is 5.43. The van der Waals surface area contributed by atoms with Crippen LogP contribution >= 0.6 is 0 Å². The first-order chi connectivity index (χ1) is 10.4. The molecule has 0 saturated heterocycles. The summed E-state index contributed by atoms with van der Waals surface area (Å²) < 4.78 is 5.56. The summed E-state index contributed by atoms with van der Waals surface area (Å²) in [6, 6.07) is 11.5. The predicted octanol–water partition coefficient (Wildman–Crippen LogP) is 3.86. The first-order valence-corrected chi connectivity index (χ1v) is 6.91. The summed E-state index contributed by atoms with van der Waals surface area (Å²) in [6.07, 6.45) is -0.720. The number of carbonyl (C=O) groups is 1. The Hall–Kier alpha value is -2.69. The van der Waals surface area contributed by atoms with Crippen molar-refractivity contribution in [3.63, 3.8) is 0 Å². The van der Waals surface area contributed by atoms with Gasteiger partial charge in [-0.15, -0.1) is 0 Å². The summed E-state index contributed by atoms with van der Waals surface area (Å²) >= 11 is 0. The van der Waals surface area contributed by atoms with Crippen molar-refractivity contribution in [1.29, 1.82) is 0 Å². The number of carbonyl (C=O) groups excluding carboxylic acids is 1. The van der Waals surface area contributed by atoms with Gasteiger partial charge in [0.25, 0.3) is 5.69 Å². The molecule has 0 aliphatic heterocycles. The van der Waals surface area contributed by atoms with Crippen LogP contribution in [0.5, 0.6) is 5.75 Å². The van der Waals surface area contributed by atoms with E-state index >= 15 is 0 Å². The van der Waals surface area contributed by atoms with Crippen LogP contribution in [-0.2, 0) is 0 Å². The highest BCUT2D eigenvalue weighted by Crippen LogP contribution is 2.22. The number of Topliss-reactive ketones (excluding diaryl/α,β-unsaturated/α-hetero) is 1. The summed E-state index contributed by atoms with van der Waals surface area (Å²) in [5, 5.41) is 10.8. The van der Waals surface area contributed by atoms with Gasteiger partial charge in [0.05, 0.1) is 11.0 Å². The maximum Gasteiger partial charge on any atom is 0.273 e. The van der Waals surface area contributed by atoms with E-state index in [4.69, 9.17) is 4.74 Å². The zero-order chi connectivity index (χ0) is 16.3. The minimum Gasteiger partial charge on any atom is -0.482 e. The average Bonchev–Trinajstić information content (AvgIpc) is 2.49. The SMILES string of the molecule is Cc1ccc(C)c(C(=O)[C@H](C)Oc2cccc([N+](=O)[O-])c2)c1. The van der Waals surface area contributed by atoms with Crippen LogP contribution in [0.4, 0.5) is 5.69 Å². The second kappa shape index (κ2) is 6.39. The van der Waals surface area contributed by atoms with Gasteiger partial charge in [-0.3, -0.25) is 14.9 Å². The molecule has 22 heavy (non-hydrogen) atoms. The molecule has 2 aromatic carbocycles. The number of non-ortho nitro benzene ring substituents is 1. The Kier molecular flexibility index (Phi) is 4.56. The van der Waals surface area contributed by atoms with E-state index < -0.39 is 11.0 Å². The van der Waals surface area contributed by atoms with Gasteiger partial charge >= 0.3 is 0 Å². The van der Waals surface area contributed by atoms with Crippen molar-refractivity contribution in [1.82, 2.24) is 0 Å². The summed E-state index contributed by atoms with van der Waals surface area (Å²) in [4.78, 5) is 22.7. The number of ketones is 1. The Morgan fingerprint density at radius 1 is 1.18 bits per heavy atom. The van der Waals surface area contributed by atoms with Crippen LogP contribution in [0.15, 0.2) is 42.5 Å². The smallest absolute Gasteiger partial charge is 0.273 e. The van der Waals surface area contributed by atoms with Gasteiger partial charge in [-0.1, -0.05) is 23.8 Å². The zero-order valence-corrected chi connectivity index (χ0v) is 12.7. The van der Waals surface area contributed by atoms with Crippen LogP contribution in [0.25, 0.3) is 0 Å². The number of hydrogen-bond donors (Lipinski definition) is 0. The van der Waals surface area contributed by atoms with Crippen molar-refractivity contribution in [3.05, 3.63) is 69.3 Å². The van der Waals surface area contributed by atoms with Crippen LogP contribution in [-0.4, -0.2) is 16.8 Å². The van der Waals surface area contributed by atoms with Crippen molar-refractivity contribution >= 4 is 11.5 Å². The van der Waals surface area contributed by atoms with E-state index in [1.165, 1.54) is 18.2 Å². The molecule has 0 N–H and O–H groups in total. The van der Waals surface area contributed by atoms with Crippen LogP contribution in [0.3, 0.4) is 0 Å². The zero-order valence-electron chi connectivity index (χ0n) is 12.7. The minimum atomic E-state index is -0.720. The van der Waals surface area contributed by atoms with E-state index in [0.29, 0.717) is 11.3 Å². The lowest BCUT2D eigenvalue weighted by atomic mass is 9.99. The molecule has 2 aromatic rings. The maximum atomic E-state index is 12.5. The second-order valence-corrected chi connectivity index (χ2v) is 5.20. The summed E-state index contributed by atoms with van der Waals surface area (Å²) in [5.74, 6) is 0.160.